The minimum absolute atomic E-state index is 0.253. The molecule has 3 rings (SSSR count). The van der Waals surface area contributed by atoms with E-state index < -0.39 is 5.97 Å². The number of thiophene rings is 2. The van der Waals surface area contributed by atoms with Crippen molar-refractivity contribution in [3.05, 3.63) is 52.3 Å². The Kier molecular flexibility index (Phi) is 7.25. The summed E-state index contributed by atoms with van der Waals surface area (Å²) in [6, 6.07) is 9.72. The van der Waals surface area contributed by atoms with Crippen molar-refractivity contribution in [2.75, 3.05) is 12.5 Å². The van der Waals surface area contributed by atoms with Crippen molar-refractivity contribution in [2.24, 2.45) is 0 Å². The van der Waals surface area contributed by atoms with Gasteiger partial charge >= 0.3 is 5.97 Å². The summed E-state index contributed by atoms with van der Waals surface area (Å²) in [5.41, 5.74) is -0.253. The number of hydrogen-bond acceptors (Lipinski definition) is 8. The third-order valence-corrected chi connectivity index (χ3v) is 10.7. The normalized spacial score (nSPS) is 14.6. The van der Waals surface area contributed by atoms with Crippen LogP contribution >= 0.6 is 69.7 Å². The van der Waals surface area contributed by atoms with E-state index in [1.165, 1.54) is 35.0 Å². The number of aliphatic carboxylic acids is 1. The highest BCUT2D eigenvalue weighted by Gasteiger charge is 2.20. The quantitative estimate of drug-likeness (QED) is 0.359. The molecule has 27 heavy (non-hydrogen) atoms. The molecule has 0 saturated heterocycles. The summed E-state index contributed by atoms with van der Waals surface area (Å²) in [5.74, 6) is -1.20. The molecule has 138 valence electrons. The number of carboxylic acids is 1. The van der Waals surface area contributed by atoms with Gasteiger partial charge in [-0.25, -0.2) is 4.79 Å². The molecule has 3 nitrogen and oxygen atoms in total. The molecule has 9 heteroatoms. The van der Waals surface area contributed by atoms with Crippen LogP contribution in [0.15, 0.2) is 42.6 Å². The zero-order valence-electron chi connectivity index (χ0n) is 14.2. The van der Waals surface area contributed by atoms with Gasteiger partial charge in [0.25, 0.3) is 0 Å². The molecule has 0 saturated carbocycles. The lowest BCUT2D eigenvalue weighted by Gasteiger charge is -1.94. The molecule has 1 aliphatic rings. The van der Waals surface area contributed by atoms with Crippen LogP contribution in [0.5, 0.6) is 0 Å². The summed E-state index contributed by atoms with van der Waals surface area (Å²) < 4.78 is 4.00. The minimum Gasteiger partial charge on any atom is -0.477 e. The van der Waals surface area contributed by atoms with E-state index in [1.54, 1.807) is 40.9 Å². The monoisotopic (exact) mass is 467 g/mol. The summed E-state index contributed by atoms with van der Waals surface area (Å²) in [4.78, 5) is 15.1. The molecule has 0 radical (unpaired) electrons. The largest absolute Gasteiger partial charge is 0.477 e. The van der Waals surface area contributed by atoms with E-state index in [4.69, 9.17) is 10.4 Å². The second-order valence-electron chi connectivity index (χ2n) is 5.03. The van der Waals surface area contributed by atoms with Crippen LogP contribution in [0.3, 0.4) is 0 Å². The van der Waals surface area contributed by atoms with Crippen LogP contribution in [-0.4, -0.2) is 23.6 Å². The van der Waals surface area contributed by atoms with E-state index >= 15 is 0 Å². The second-order valence-corrected chi connectivity index (χ2v) is 11.8. The predicted molar refractivity (Wildman–Crippen MR) is 126 cm³/mol. The van der Waals surface area contributed by atoms with Crippen LogP contribution in [0.2, 0.25) is 0 Å². The predicted octanol–water partition coefficient (Wildman–Crippen LogP) is 7.10. The van der Waals surface area contributed by atoms with E-state index in [1.807, 2.05) is 35.7 Å². The Morgan fingerprint density at radius 2 is 1.59 bits per heavy atom. The molecule has 1 N–H and O–H groups in total. The molecule has 0 unspecified atom stereocenters. The molecule has 0 aromatic carbocycles. The molecule has 0 bridgehead atoms. The van der Waals surface area contributed by atoms with E-state index in [2.05, 4.69) is 30.7 Å². The third kappa shape index (κ3) is 5.08. The molecular weight excluding hydrogens is 455 g/mol. The first-order valence-electron chi connectivity index (χ1n) is 7.49. The van der Waals surface area contributed by atoms with Gasteiger partial charge in [-0.15, -0.1) is 46.2 Å². The highest BCUT2D eigenvalue weighted by molar-refractivity contribution is 8.40. The maximum Gasteiger partial charge on any atom is 0.346 e. The van der Waals surface area contributed by atoms with E-state index in [-0.39, 0.29) is 5.57 Å². The molecule has 0 aliphatic carbocycles. The fourth-order valence-corrected chi connectivity index (χ4v) is 9.19. The van der Waals surface area contributed by atoms with Gasteiger partial charge < -0.3 is 5.11 Å². The molecule has 0 atom stereocenters. The zero-order valence-corrected chi connectivity index (χ0v) is 19.1. The van der Waals surface area contributed by atoms with E-state index in [0.717, 1.165) is 14.6 Å². The van der Waals surface area contributed by atoms with Crippen LogP contribution in [0.4, 0.5) is 0 Å². The number of carbonyl (C=O) groups is 1. The van der Waals surface area contributed by atoms with Gasteiger partial charge in [0.2, 0.25) is 0 Å². The Hall–Kier alpha value is -1.02. The average Bonchev–Trinajstić information content (AvgIpc) is 3.38. The van der Waals surface area contributed by atoms with Crippen molar-refractivity contribution in [1.82, 2.24) is 0 Å². The fourth-order valence-electron chi connectivity index (χ4n) is 2.12. The van der Waals surface area contributed by atoms with Gasteiger partial charge in [0.05, 0.1) is 12.7 Å². The Morgan fingerprint density at radius 1 is 1.04 bits per heavy atom. The minimum atomic E-state index is -1.20. The van der Waals surface area contributed by atoms with Crippen molar-refractivity contribution in [3.63, 3.8) is 0 Å². The molecule has 0 fully saturated rings. The van der Waals surface area contributed by atoms with E-state index in [0.29, 0.717) is 0 Å². The van der Waals surface area contributed by atoms with Gasteiger partial charge in [-0.05, 0) is 48.9 Å². The lowest BCUT2D eigenvalue weighted by atomic mass is 10.2. The van der Waals surface area contributed by atoms with Gasteiger partial charge in [-0.1, -0.05) is 23.5 Å². The van der Waals surface area contributed by atoms with Crippen molar-refractivity contribution < 1.29 is 9.90 Å². The number of nitrogens with zero attached hydrogens (tertiary/aromatic N) is 1. The first kappa shape index (κ1) is 20.7. The van der Waals surface area contributed by atoms with Crippen LogP contribution < -0.4 is 0 Å². The molecule has 0 amide bonds. The Balaban J connectivity index is 1.77. The lowest BCUT2D eigenvalue weighted by Crippen LogP contribution is -1.96. The van der Waals surface area contributed by atoms with Crippen molar-refractivity contribution in [3.8, 4) is 15.8 Å². The first-order chi connectivity index (χ1) is 13.0. The number of carboxylic acid groups (broad SMARTS) is 1. The SMILES string of the molecule is CSC1=C(SC)SC(=Cc2ccc(-c3ccc(C=C(C#N)C(=O)O)s3)s2)S1. The van der Waals surface area contributed by atoms with Crippen molar-refractivity contribution in [1.29, 1.82) is 5.26 Å². The van der Waals surface area contributed by atoms with Gasteiger partial charge in [-0.3, -0.25) is 0 Å². The molecule has 3 heterocycles. The Morgan fingerprint density at radius 3 is 2.11 bits per heavy atom. The van der Waals surface area contributed by atoms with Gasteiger partial charge in [-0.2, -0.15) is 5.26 Å². The van der Waals surface area contributed by atoms with Crippen LogP contribution in [-0.2, 0) is 4.79 Å². The maximum absolute atomic E-state index is 11.0. The summed E-state index contributed by atoms with van der Waals surface area (Å²) in [7, 11) is 0. The molecule has 1 aliphatic heterocycles. The van der Waals surface area contributed by atoms with Gasteiger partial charge in [0.1, 0.15) is 11.6 Å². The van der Waals surface area contributed by atoms with Crippen LogP contribution in [0.25, 0.3) is 21.9 Å². The molecule has 2 aromatic heterocycles. The van der Waals surface area contributed by atoms with Crippen molar-refractivity contribution >= 4 is 87.8 Å². The maximum atomic E-state index is 11.0. The van der Waals surface area contributed by atoms with Gasteiger partial charge in [0.15, 0.2) is 0 Å². The average molecular weight is 468 g/mol. The summed E-state index contributed by atoms with van der Waals surface area (Å²) in [5, 5.41) is 17.9. The summed E-state index contributed by atoms with van der Waals surface area (Å²) >= 11 is 10.4. The highest BCUT2D eigenvalue weighted by Crippen LogP contribution is 2.56. The van der Waals surface area contributed by atoms with E-state index in [9.17, 15) is 4.79 Å². The second kappa shape index (κ2) is 9.45. The van der Waals surface area contributed by atoms with Crippen LogP contribution in [0.1, 0.15) is 9.75 Å². The number of nitriles is 1. The summed E-state index contributed by atoms with van der Waals surface area (Å²) in [6.07, 6.45) is 7.85. The fraction of sp³-hybridized carbons (Fsp3) is 0.111. The highest BCUT2D eigenvalue weighted by atomic mass is 32.3. The topological polar surface area (TPSA) is 61.1 Å². The number of rotatable bonds is 6. The standard InChI is InChI=1S/C18H13NO2S6/c1-22-17-18(23-2)27-15(26-17)8-12-4-6-14(25-12)13-5-3-11(24-13)7-10(9-19)16(20)21/h3-8H,1-2H3,(H,20,21). The number of thioether (sulfide) groups is 4. The number of hydrogen-bond donors (Lipinski definition) is 1. The Bertz CT molecular complexity index is 987. The zero-order chi connectivity index (χ0) is 19.4. The first-order valence-corrected chi connectivity index (χ1v) is 13.2. The smallest absolute Gasteiger partial charge is 0.346 e. The lowest BCUT2D eigenvalue weighted by molar-refractivity contribution is -0.132. The molecule has 0 spiro atoms. The van der Waals surface area contributed by atoms with Gasteiger partial charge in [0, 0.05) is 19.5 Å². The van der Waals surface area contributed by atoms with Crippen molar-refractivity contribution in [2.45, 2.75) is 0 Å². The van der Waals surface area contributed by atoms with Crippen LogP contribution in [0, 0.1) is 11.3 Å². The Labute approximate surface area is 182 Å². The molecular formula is C18H13NO2S6. The summed E-state index contributed by atoms with van der Waals surface area (Å²) in [6.45, 7) is 0. The molecule has 2 aromatic rings. The third-order valence-electron chi connectivity index (χ3n) is 3.32.